The summed E-state index contributed by atoms with van der Waals surface area (Å²) in [6.07, 6.45) is 0.356. The van der Waals surface area contributed by atoms with Crippen LogP contribution in [0.1, 0.15) is 30.4 Å². The van der Waals surface area contributed by atoms with E-state index in [0.717, 1.165) is 22.6 Å². The van der Waals surface area contributed by atoms with E-state index in [4.69, 9.17) is 14.2 Å². The number of hydrogen-bond donors (Lipinski definition) is 0. The van der Waals surface area contributed by atoms with Crippen molar-refractivity contribution in [1.29, 1.82) is 0 Å². The van der Waals surface area contributed by atoms with Gasteiger partial charge < -0.3 is 14.2 Å². The van der Waals surface area contributed by atoms with Crippen LogP contribution >= 0.6 is 0 Å². The molecule has 0 fully saturated rings. The highest BCUT2D eigenvalue weighted by atomic mass is 16.5. The molecule has 18 heavy (non-hydrogen) atoms. The number of rotatable bonds is 4. The summed E-state index contributed by atoms with van der Waals surface area (Å²) in [7, 11) is 1.62. The van der Waals surface area contributed by atoms with Gasteiger partial charge in [-0.2, -0.15) is 0 Å². The second-order valence-electron chi connectivity index (χ2n) is 4.34. The third kappa shape index (κ3) is 2.28. The van der Waals surface area contributed by atoms with E-state index in [9.17, 15) is 4.79 Å². The monoisotopic (exact) mass is 250 g/mol. The fraction of sp³-hybridized carbons (Fsp3) is 0.500. The molecule has 1 atom stereocenters. The highest BCUT2D eigenvalue weighted by Gasteiger charge is 2.30. The van der Waals surface area contributed by atoms with E-state index in [-0.39, 0.29) is 11.9 Å². The zero-order chi connectivity index (χ0) is 13.1. The van der Waals surface area contributed by atoms with Gasteiger partial charge >= 0.3 is 5.97 Å². The van der Waals surface area contributed by atoms with Gasteiger partial charge in [-0.3, -0.25) is 4.79 Å². The molecule has 0 spiro atoms. The van der Waals surface area contributed by atoms with Crippen molar-refractivity contribution in [3.63, 3.8) is 0 Å². The molecular weight excluding hydrogens is 232 g/mol. The molecule has 1 unspecified atom stereocenters. The van der Waals surface area contributed by atoms with Crippen LogP contribution in [0.25, 0.3) is 0 Å². The number of aryl methyl sites for hydroxylation is 1. The lowest BCUT2D eigenvalue weighted by molar-refractivity contribution is -0.143. The number of esters is 1. The topological polar surface area (TPSA) is 44.8 Å². The van der Waals surface area contributed by atoms with Gasteiger partial charge in [0.15, 0.2) is 11.5 Å². The van der Waals surface area contributed by atoms with Crippen LogP contribution in [-0.4, -0.2) is 26.3 Å². The third-order valence-electron chi connectivity index (χ3n) is 3.15. The minimum absolute atomic E-state index is 0.0640. The van der Waals surface area contributed by atoms with Gasteiger partial charge in [-0.25, -0.2) is 0 Å². The second-order valence-corrected chi connectivity index (χ2v) is 4.34. The van der Waals surface area contributed by atoms with Crippen molar-refractivity contribution in [2.75, 3.05) is 20.3 Å². The minimum atomic E-state index is -0.179. The molecule has 1 aliphatic rings. The summed E-state index contributed by atoms with van der Waals surface area (Å²) in [5.41, 5.74) is 2.19. The van der Waals surface area contributed by atoms with Gasteiger partial charge in [0.1, 0.15) is 0 Å². The molecule has 1 aromatic rings. The summed E-state index contributed by atoms with van der Waals surface area (Å²) in [5, 5.41) is 0. The van der Waals surface area contributed by atoms with Crippen LogP contribution in [-0.2, 0) is 9.53 Å². The van der Waals surface area contributed by atoms with Gasteiger partial charge in [0.05, 0.1) is 26.7 Å². The first-order chi connectivity index (χ1) is 8.67. The summed E-state index contributed by atoms with van der Waals surface area (Å²) >= 11 is 0. The smallest absolute Gasteiger partial charge is 0.306 e. The lowest BCUT2D eigenvalue weighted by atomic mass is 9.93. The Morgan fingerprint density at radius 2 is 2.28 bits per heavy atom. The first kappa shape index (κ1) is 12.7. The zero-order valence-electron chi connectivity index (χ0n) is 11.0. The Morgan fingerprint density at radius 3 is 2.94 bits per heavy atom. The standard InChI is InChI=1S/C14H18O4/c1-4-17-12(15)7-10-8-18-14-11(16-3)6-5-9(2)13(10)14/h5-6,10H,4,7-8H2,1-3H3. The summed E-state index contributed by atoms with van der Waals surface area (Å²) in [5.74, 6) is 1.38. The Bertz CT molecular complexity index is 453. The third-order valence-corrected chi connectivity index (χ3v) is 3.15. The highest BCUT2D eigenvalue weighted by Crippen LogP contribution is 2.44. The van der Waals surface area contributed by atoms with Crippen molar-refractivity contribution in [3.05, 3.63) is 23.3 Å². The van der Waals surface area contributed by atoms with E-state index in [0.29, 0.717) is 19.6 Å². The molecule has 0 aromatic heterocycles. The van der Waals surface area contributed by atoms with Gasteiger partial charge in [0.25, 0.3) is 0 Å². The van der Waals surface area contributed by atoms with Crippen LogP contribution in [0.3, 0.4) is 0 Å². The summed E-state index contributed by atoms with van der Waals surface area (Å²) < 4.78 is 15.9. The Labute approximate surface area is 107 Å². The predicted molar refractivity (Wildman–Crippen MR) is 67.2 cm³/mol. The number of fused-ring (bicyclic) bond motifs is 1. The molecule has 0 radical (unpaired) electrons. The SMILES string of the molecule is CCOC(=O)CC1COc2c(OC)ccc(C)c21. The van der Waals surface area contributed by atoms with Crippen LogP contribution in [0.15, 0.2) is 12.1 Å². The second kappa shape index (κ2) is 5.29. The van der Waals surface area contributed by atoms with E-state index in [2.05, 4.69) is 0 Å². The fourth-order valence-corrected chi connectivity index (χ4v) is 2.34. The van der Waals surface area contributed by atoms with E-state index in [1.54, 1.807) is 7.11 Å². The van der Waals surface area contributed by atoms with E-state index < -0.39 is 0 Å². The molecule has 98 valence electrons. The van der Waals surface area contributed by atoms with Gasteiger partial charge in [0.2, 0.25) is 0 Å². The molecule has 0 bridgehead atoms. The Hall–Kier alpha value is -1.71. The van der Waals surface area contributed by atoms with Gasteiger partial charge in [-0.15, -0.1) is 0 Å². The number of hydrogen-bond acceptors (Lipinski definition) is 4. The van der Waals surface area contributed by atoms with Crippen molar-refractivity contribution in [2.45, 2.75) is 26.2 Å². The maximum atomic E-state index is 11.6. The molecule has 4 nitrogen and oxygen atoms in total. The van der Waals surface area contributed by atoms with Crippen molar-refractivity contribution in [2.24, 2.45) is 0 Å². The van der Waals surface area contributed by atoms with E-state index in [1.807, 2.05) is 26.0 Å². The molecule has 0 N–H and O–H groups in total. The number of ether oxygens (including phenoxy) is 3. The molecule has 1 aromatic carbocycles. The summed E-state index contributed by atoms with van der Waals surface area (Å²) in [4.78, 5) is 11.6. The fourth-order valence-electron chi connectivity index (χ4n) is 2.34. The molecular formula is C14H18O4. The number of carbonyl (C=O) groups excluding carboxylic acids is 1. The first-order valence-electron chi connectivity index (χ1n) is 6.13. The summed E-state index contributed by atoms with van der Waals surface area (Å²) in [6, 6.07) is 3.88. The molecule has 0 saturated heterocycles. The largest absolute Gasteiger partial charge is 0.493 e. The maximum Gasteiger partial charge on any atom is 0.306 e. The van der Waals surface area contributed by atoms with Crippen LogP contribution in [0.4, 0.5) is 0 Å². The molecule has 0 saturated carbocycles. The molecule has 0 amide bonds. The number of carbonyl (C=O) groups is 1. The Morgan fingerprint density at radius 1 is 1.50 bits per heavy atom. The zero-order valence-corrected chi connectivity index (χ0v) is 11.0. The molecule has 1 aliphatic heterocycles. The average Bonchev–Trinajstić information content (AvgIpc) is 2.75. The van der Waals surface area contributed by atoms with Gasteiger partial charge in [-0.05, 0) is 25.5 Å². The maximum absolute atomic E-state index is 11.6. The summed E-state index contributed by atoms with van der Waals surface area (Å²) in [6.45, 7) is 4.75. The van der Waals surface area contributed by atoms with Crippen molar-refractivity contribution in [3.8, 4) is 11.5 Å². The average molecular weight is 250 g/mol. The van der Waals surface area contributed by atoms with E-state index in [1.165, 1.54) is 0 Å². The quantitative estimate of drug-likeness (QED) is 0.770. The lowest BCUT2D eigenvalue weighted by Crippen LogP contribution is -2.11. The minimum Gasteiger partial charge on any atom is -0.493 e. The van der Waals surface area contributed by atoms with Crippen LogP contribution in [0.5, 0.6) is 11.5 Å². The van der Waals surface area contributed by atoms with E-state index >= 15 is 0 Å². The molecule has 4 heteroatoms. The molecule has 0 aliphatic carbocycles. The first-order valence-corrected chi connectivity index (χ1v) is 6.13. The van der Waals surface area contributed by atoms with Crippen LogP contribution in [0.2, 0.25) is 0 Å². The highest BCUT2D eigenvalue weighted by molar-refractivity contribution is 5.71. The number of methoxy groups -OCH3 is 1. The predicted octanol–water partition coefficient (Wildman–Crippen LogP) is 2.43. The van der Waals surface area contributed by atoms with Gasteiger partial charge in [0, 0.05) is 11.5 Å². The van der Waals surface area contributed by atoms with Crippen molar-refractivity contribution in [1.82, 2.24) is 0 Å². The van der Waals surface area contributed by atoms with Crippen LogP contribution < -0.4 is 9.47 Å². The lowest BCUT2D eigenvalue weighted by Gasteiger charge is -2.11. The van der Waals surface area contributed by atoms with Gasteiger partial charge in [-0.1, -0.05) is 6.07 Å². The van der Waals surface area contributed by atoms with Crippen molar-refractivity contribution >= 4 is 5.97 Å². The van der Waals surface area contributed by atoms with Crippen molar-refractivity contribution < 1.29 is 19.0 Å². The Kier molecular flexibility index (Phi) is 3.75. The molecule has 2 rings (SSSR count). The Balaban J connectivity index is 2.24. The van der Waals surface area contributed by atoms with Crippen LogP contribution in [0, 0.1) is 6.92 Å². The molecule has 1 heterocycles. The normalized spacial score (nSPS) is 16.9. The number of benzene rings is 1.